The molecule has 0 bridgehead atoms. The molecule has 0 aromatic heterocycles. The van der Waals surface area contributed by atoms with E-state index in [0.717, 1.165) is 0 Å². The van der Waals surface area contributed by atoms with Crippen molar-refractivity contribution in [2.75, 3.05) is 5.88 Å². The van der Waals surface area contributed by atoms with E-state index in [4.69, 9.17) is 16.7 Å². The second-order valence-corrected chi connectivity index (χ2v) is 2.04. The zero-order valence-corrected chi connectivity index (χ0v) is 8.30. The second kappa shape index (κ2) is 6.69. The molecule has 0 unspecified atom stereocenters. The van der Waals surface area contributed by atoms with Gasteiger partial charge in [0.15, 0.2) is 5.78 Å². The molecular formula is C5H10ClMgNO3. The Morgan fingerprint density at radius 2 is 2.18 bits per heavy atom. The number of carboxylic acid groups (broad SMARTS) is 1. The fraction of sp³-hybridized carbons (Fsp3) is 0.600. The molecular weight excluding hydrogens is 182 g/mol. The summed E-state index contributed by atoms with van der Waals surface area (Å²) in [6.45, 7) is 1.44. The predicted octanol–water partition coefficient (Wildman–Crippen LogP) is 0.295. The molecule has 0 fully saturated rings. The molecule has 1 amide bonds. The number of rotatable bonds is 3. The van der Waals surface area contributed by atoms with E-state index in [2.05, 4.69) is 0 Å². The number of halogens is 1. The third-order valence-corrected chi connectivity index (χ3v) is 1.22. The van der Waals surface area contributed by atoms with Crippen LogP contribution in [0.4, 0.5) is 4.79 Å². The smallest absolute Gasteiger partial charge is 1.00 e. The Morgan fingerprint density at radius 3 is 2.45 bits per heavy atom. The summed E-state index contributed by atoms with van der Waals surface area (Å²) in [5, 5.41) is 10.1. The third-order valence-electron chi connectivity index (χ3n) is 0.955. The number of alkyl halides is 1. The van der Waals surface area contributed by atoms with Crippen molar-refractivity contribution in [1.29, 1.82) is 0 Å². The quantitative estimate of drug-likeness (QED) is 0.498. The Morgan fingerprint density at radius 1 is 1.73 bits per heavy atom. The number of carbonyl (C=O) groups is 2. The molecule has 0 radical (unpaired) electrons. The van der Waals surface area contributed by atoms with Gasteiger partial charge in [0.25, 0.3) is 0 Å². The van der Waals surface area contributed by atoms with Crippen LogP contribution in [-0.4, -0.2) is 52.0 Å². The first kappa shape index (κ1) is 13.6. The average Bonchev–Trinajstić information content (AvgIpc) is 1.85. The van der Waals surface area contributed by atoms with Crippen molar-refractivity contribution in [3.8, 4) is 0 Å². The largest absolute Gasteiger partial charge is 2.00 e. The van der Waals surface area contributed by atoms with E-state index < -0.39 is 12.1 Å². The van der Waals surface area contributed by atoms with Crippen LogP contribution >= 0.6 is 11.6 Å². The summed E-state index contributed by atoms with van der Waals surface area (Å²) in [6, 6.07) is -0.713. The van der Waals surface area contributed by atoms with Crippen molar-refractivity contribution in [2.24, 2.45) is 0 Å². The number of amides is 1. The first-order valence-electron chi connectivity index (χ1n) is 2.66. The summed E-state index contributed by atoms with van der Waals surface area (Å²) in [5.74, 6) is -0.495. The molecule has 1 atom stereocenters. The second-order valence-electron chi connectivity index (χ2n) is 1.77. The molecule has 0 aromatic carbocycles. The Balaban J connectivity index is -0.000000135. The van der Waals surface area contributed by atoms with Gasteiger partial charge in [0.05, 0.1) is 11.9 Å². The van der Waals surface area contributed by atoms with Gasteiger partial charge < -0.3 is 13.3 Å². The number of ketones is 1. The van der Waals surface area contributed by atoms with Gasteiger partial charge in [-0.1, -0.05) is 0 Å². The van der Waals surface area contributed by atoms with Gasteiger partial charge in [-0.05, 0) is 6.92 Å². The molecule has 0 spiro atoms. The minimum absolute atomic E-state index is 0. The Kier molecular flexibility index (Phi) is 8.26. The summed E-state index contributed by atoms with van der Waals surface area (Å²) >= 11 is 5.15. The van der Waals surface area contributed by atoms with E-state index in [-0.39, 0.29) is 37.6 Å². The SMILES string of the molecule is C[C@H](NC(=O)O)C(=O)CCl.[H-].[H-].[Mg+2]. The van der Waals surface area contributed by atoms with Gasteiger partial charge in [0, 0.05) is 0 Å². The van der Waals surface area contributed by atoms with E-state index in [1.54, 1.807) is 0 Å². The minimum atomic E-state index is -1.22. The van der Waals surface area contributed by atoms with E-state index in [9.17, 15) is 9.59 Å². The van der Waals surface area contributed by atoms with Crippen molar-refractivity contribution < 1.29 is 17.5 Å². The molecule has 0 saturated heterocycles. The normalized spacial score (nSPS) is 11.1. The van der Waals surface area contributed by atoms with Crippen molar-refractivity contribution in [3.05, 3.63) is 0 Å². The minimum Gasteiger partial charge on any atom is -1.00 e. The van der Waals surface area contributed by atoms with E-state index >= 15 is 0 Å². The average molecular weight is 192 g/mol. The molecule has 6 heteroatoms. The Hall–Kier alpha value is -0.00377. The van der Waals surface area contributed by atoms with E-state index in [1.165, 1.54) is 6.92 Å². The van der Waals surface area contributed by atoms with Crippen LogP contribution < -0.4 is 5.32 Å². The van der Waals surface area contributed by atoms with Crippen LogP contribution in [0.2, 0.25) is 0 Å². The van der Waals surface area contributed by atoms with Crippen molar-refractivity contribution in [1.82, 2.24) is 5.32 Å². The van der Waals surface area contributed by atoms with Crippen molar-refractivity contribution in [2.45, 2.75) is 13.0 Å². The number of nitrogens with one attached hydrogen (secondary N) is 1. The standard InChI is InChI=1S/C5H8ClNO3.Mg.2H/c1-3(4(8)2-6)7-5(9)10;;;/h3,7H,2H2,1H3,(H,9,10);;;/q;+2;2*-1/t3-;;;/m0.../s1. The van der Waals surface area contributed by atoms with E-state index in [0.29, 0.717) is 0 Å². The summed E-state index contributed by atoms with van der Waals surface area (Å²) in [5.41, 5.74) is 0. The first-order valence-corrected chi connectivity index (χ1v) is 3.19. The molecule has 0 heterocycles. The number of hydrogen-bond donors (Lipinski definition) is 2. The molecule has 0 aliphatic rings. The van der Waals surface area contributed by atoms with Gasteiger partial charge in [-0.25, -0.2) is 4.79 Å². The van der Waals surface area contributed by atoms with Crippen LogP contribution in [0.5, 0.6) is 0 Å². The van der Waals surface area contributed by atoms with Crippen LogP contribution in [0.3, 0.4) is 0 Å². The third kappa shape index (κ3) is 6.40. The fourth-order valence-electron chi connectivity index (χ4n) is 0.381. The zero-order valence-electron chi connectivity index (χ0n) is 8.13. The van der Waals surface area contributed by atoms with Gasteiger partial charge in [-0.15, -0.1) is 11.6 Å². The topological polar surface area (TPSA) is 66.4 Å². The van der Waals surface area contributed by atoms with Crippen LogP contribution in [0.1, 0.15) is 9.78 Å². The summed E-state index contributed by atoms with van der Waals surface area (Å²) in [6.07, 6.45) is -1.22. The van der Waals surface area contributed by atoms with E-state index in [1.807, 2.05) is 5.32 Å². The summed E-state index contributed by atoms with van der Waals surface area (Å²) in [7, 11) is 0. The zero-order chi connectivity index (χ0) is 8.15. The molecule has 11 heavy (non-hydrogen) atoms. The molecule has 0 saturated carbocycles. The van der Waals surface area contributed by atoms with Gasteiger partial charge in [-0.3, -0.25) is 4.79 Å². The predicted molar refractivity (Wildman–Crippen MR) is 44.3 cm³/mol. The molecule has 62 valence electrons. The summed E-state index contributed by atoms with van der Waals surface area (Å²) < 4.78 is 0. The monoisotopic (exact) mass is 191 g/mol. The van der Waals surface area contributed by atoms with Gasteiger partial charge in [0.1, 0.15) is 0 Å². The van der Waals surface area contributed by atoms with Crippen molar-refractivity contribution in [3.63, 3.8) is 0 Å². The van der Waals surface area contributed by atoms with Gasteiger partial charge in [-0.2, -0.15) is 0 Å². The molecule has 0 aliphatic carbocycles. The summed E-state index contributed by atoms with van der Waals surface area (Å²) in [4.78, 5) is 20.5. The number of carbonyl (C=O) groups excluding carboxylic acids is 1. The Bertz CT molecular complexity index is 161. The fourth-order valence-corrected chi connectivity index (χ4v) is 0.613. The molecule has 0 aliphatic heterocycles. The van der Waals surface area contributed by atoms with Crippen LogP contribution in [-0.2, 0) is 4.79 Å². The number of Topliss-reactive ketones (excluding diaryl/α,β-unsaturated/α-hetero) is 1. The maximum absolute atomic E-state index is 10.6. The van der Waals surface area contributed by atoms with Crippen LogP contribution in [0.15, 0.2) is 0 Å². The maximum Gasteiger partial charge on any atom is 2.00 e. The number of hydrogen-bond acceptors (Lipinski definition) is 2. The maximum atomic E-state index is 10.6. The Labute approximate surface area is 88.4 Å². The molecule has 2 N–H and O–H groups in total. The van der Waals surface area contributed by atoms with Crippen LogP contribution in [0, 0.1) is 0 Å². The first-order chi connectivity index (χ1) is 4.57. The van der Waals surface area contributed by atoms with Gasteiger partial charge in [0.2, 0.25) is 0 Å². The molecule has 0 aromatic rings. The van der Waals surface area contributed by atoms with Crippen molar-refractivity contribution >= 4 is 46.5 Å². The molecule has 4 nitrogen and oxygen atoms in total. The molecule has 0 rings (SSSR count). The van der Waals surface area contributed by atoms with Gasteiger partial charge >= 0.3 is 29.1 Å². The van der Waals surface area contributed by atoms with Crippen LogP contribution in [0.25, 0.3) is 0 Å².